The Kier molecular flexibility index (Phi) is 5.33. The number of fused-ring (bicyclic) bond motifs is 2. The molecule has 0 aromatic heterocycles. The molecular formula is C25H33FN2O3. The van der Waals surface area contributed by atoms with Gasteiger partial charge in [-0.3, -0.25) is 9.69 Å². The highest BCUT2D eigenvalue weighted by Crippen LogP contribution is 2.56. The molecular weight excluding hydrogens is 395 g/mol. The van der Waals surface area contributed by atoms with Gasteiger partial charge >= 0.3 is 5.97 Å². The van der Waals surface area contributed by atoms with Crippen LogP contribution in [0.5, 0.6) is 0 Å². The topological polar surface area (TPSA) is 53.0 Å². The molecule has 2 aliphatic carbocycles. The number of aliphatic hydroxyl groups is 1. The van der Waals surface area contributed by atoms with Gasteiger partial charge in [-0.1, -0.05) is 37.6 Å². The molecule has 1 aromatic carbocycles. The van der Waals surface area contributed by atoms with Gasteiger partial charge < -0.3 is 14.7 Å². The van der Waals surface area contributed by atoms with Crippen LogP contribution >= 0.6 is 0 Å². The Hall–Kier alpha value is -1.92. The maximum atomic E-state index is 14.1. The summed E-state index contributed by atoms with van der Waals surface area (Å²) >= 11 is 0. The van der Waals surface area contributed by atoms with Crippen molar-refractivity contribution in [2.45, 2.75) is 45.3 Å². The van der Waals surface area contributed by atoms with Crippen LogP contribution in [-0.4, -0.2) is 60.9 Å². The number of aliphatic hydroxyl groups excluding tert-OH is 1. The summed E-state index contributed by atoms with van der Waals surface area (Å²) < 4.78 is 19.9. The third kappa shape index (κ3) is 3.39. The maximum Gasteiger partial charge on any atom is 0.311 e. The van der Waals surface area contributed by atoms with Gasteiger partial charge in [-0.2, -0.15) is 0 Å². The Morgan fingerprint density at radius 1 is 1.23 bits per heavy atom. The van der Waals surface area contributed by atoms with Crippen LogP contribution in [0.4, 0.5) is 10.1 Å². The summed E-state index contributed by atoms with van der Waals surface area (Å²) in [5, 5.41) is 11.5. The third-order valence-electron chi connectivity index (χ3n) is 8.59. The van der Waals surface area contributed by atoms with Crippen LogP contribution in [0.25, 0.3) is 0 Å². The predicted octanol–water partition coefficient (Wildman–Crippen LogP) is 3.23. The van der Waals surface area contributed by atoms with E-state index < -0.39 is 6.10 Å². The fraction of sp³-hybridized carbons (Fsp3) is 0.640. The molecule has 6 atom stereocenters. The minimum Gasteiger partial charge on any atom is -0.461 e. The van der Waals surface area contributed by atoms with Crippen molar-refractivity contribution in [3.8, 4) is 0 Å². The lowest BCUT2D eigenvalue weighted by Crippen LogP contribution is -2.55. The molecule has 168 valence electrons. The van der Waals surface area contributed by atoms with Crippen molar-refractivity contribution in [2.24, 2.45) is 23.2 Å². The molecule has 0 radical (unpaired) electrons. The number of allylic oxidation sites excluding steroid dienone is 1. The van der Waals surface area contributed by atoms with E-state index in [1.807, 2.05) is 12.1 Å². The number of anilines is 1. The number of rotatable bonds is 3. The van der Waals surface area contributed by atoms with E-state index in [2.05, 4.69) is 29.7 Å². The predicted molar refractivity (Wildman–Crippen MR) is 117 cm³/mol. The molecule has 0 unspecified atom stereocenters. The van der Waals surface area contributed by atoms with Crippen LogP contribution in [0.1, 0.15) is 33.1 Å². The van der Waals surface area contributed by atoms with Crippen LogP contribution in [-0.2, 0) is 9.53 Å². The first kappa shape index (κ1) is 21.0. The van der Waals surface area contributed by atoms with Crippen LogP contribution in [0.2, 0.25) is 0 Å². The van der Waals surface area contributed by atoms with E-state index in [0.29, 0.717) is 18.2 Å². The lowest BCUT2D eigenvalue weighted by molar-refractivity contribution is -0.145. The summed E-state index contributed by atoms with van der Waals surface area (Å²) in [5.74, 6) is -0.417. The second kappa shape index (κ2) is 7.89. The Morgan fingerprint density at radius 3 is 2.71 bits per heavy atom. The molecule has 0 spiro atoms. The Balaban J connectivity index is 1.28. The molecule has 5 rings (SSSR count). The average molecular weight is 429 g/mol. The van der Waals surface area contributed by atoms with Crippen LogP contribution in [0, 0.1) is 29.0 Å². The monoisotopic (exact) mass is 428 g/mol. The summed E-state index contributed by atoms with van der Waals surface area (Å²) in [4.78, 5) is 17.2. The largest absolute Gasteiger partial charge is 0.461 e. The van der Waals surface area contributed by atoms with Gasteiger partial charge in [-0.25, -0.2) is 4.39 Å². The number of ether oxygens (including phenoxy) is 1. The molecule has 2 heterocycles. The van der Waals surface area contributed by atoms with Gasteiger partial charge in [0.05, 0.1) is 17.7 Å². The number of benzene rings is 1. The Labute approximate surface area is 183 Å². The molecule has 31 heavy (non-hydrogen) atoms. The molecule has 1 aromatic rings. The second-order valence-electron chi connectivity index (χ2n) is 10.0. The molecule has 4 aliphatic rings. The highest BCUT2D eigenvalue weighted by Gasteiger charge is 2.59. The fourth-order valence-corrected chi connectivity index (χ4v) is 6.43. The van der Waals surface area contributed by atoms with E-state index in [9.17, 15) is 14.3 Å². The van der Waals surface area contributed by atoms with E-state index in [-0.39, 0.29) is 35.1 Å². The number of carbonyl (C=O) groups excluding carboxylic acids is 1. The number of nitrogens with zero attached hydrogens (tertiary/aromatic N) is 2. The molecule has 5 nitrogen and oxygen atoms in total. The number of hydrogen-bond acceptors (Lipinski definition) is 5. The summed E-state index contributed by atoms with van der Waals surface area (Å²) in [6, 6.07) is 6.89. The molecule has 0 bridgehead atoms. The van der Waals surface area contributed by atoms with Crippen LogP contribution in [0.3, 0.4) is 0 Å². The van der Waals surface area contributed by atoms with Gasteiger partial charge in [0.25, 0.3) is 0 Å². The van der Waals surface area contributed by atoms with E-state index in [1.165, 1.54) is 11.6 Å². The van der Waals surface area contributed by atoms with Gasteiger partial charge in [-0.15, -0.1) is 0 Å². The van der Waals surface area contributed by atoms with E-state index in [4.69, 9.17) is 4.74 Å². The van der Waals surface area contributed by atoms with Crippen molar-refractivity contribution in [1.29, 1.82) is 0 Å². The second-order valence-corrected chi connectivity index (χ2v) is 10.0. The zero-order valence-corrected chi connectivity index (χ0v) is 18.5. The van der Waals surface area contributed by atoms with Crippen LogP contribution < -0.4 is 4.90 Å². The molecule has 6 heteroatoms. The lowest BCUT2D eigenvalue weighted by atomic mass is 9.55. The van der Waals surface area contributed by atoms with Gasteiger partial charge in [0.1, 0.15) is 11.9 Å². The number of piperazine rings is 1. The smallest absolute Gasteiger partial charge is 0.311 e. The minimum atomic E-state index is -0.566. The normalized spacial score (nSPS) is 38.3. The molecule has 1 saturated carbocycles. The minimum absolute atomic E-state index is 0.153. The van der Waals surface area contributed by atoms with Crippen molar-refractivity contribution in [3.63, 3.8) is 0 Å². The van der Waals surface area contributed by atoms with Crippen molar-refractivity contribution < 1.29 is 19.0 Å². The third-order valence-corrected chi connectivity index (χ3v) is 8.59. The van der Waals surface area contributed by atoms with Gasteiger partial charge in [0.2, 0.25) is 0 Å². The lowest BCUT2D eigenvalue weighted by Gasteiger charge is -2.52. The van der Waals surface area contributed by atoms with Gasteiger partial charge in [0, 0.05) is 50.5 Å². The quantitative estimate of drug-likeness (QED) is 0.592. The first-order valence-corrected chi connectivity index (χ1v) is 11.7. The van der Waals surface area contributed by atoms with Crippen molar-refractivity contribution in [1.82, 2.24) is 4.90 Å². The zero-order valence-electron chi connectivity index (χ0n) is 18.5. The zero-order chi connectivity index (χ0) is 21.8. The maximum absolute atomic E-state index is 14.1. The first-order chi connectivity index (χ1) is 14.9. The average Bonchev–Trinajstić information content (AvgIpc) is 3.06. The highest BCUT2D eigenvalue weighted by atomic mass is 19.1. The van der Waals surface area contributed by atoms with Crippen LogP contribution in [0.15, 0.2) is 35.9 Å². The molecule has 3 fully saturated rings. The highest BCUT2D eigenvalue weighted by molar-refractivity contribution is 5.76. The SMILES string of the molecule is C[C@H]1CCC=C2C[C@H]3OC(=O)[C@@H](CN4CCN(c5ccccc5F)CC4)[C@H]3[C@H](O)[C@@]21C. The van der Waals surface area contributed by atoms with Crippen molar-refractivity contribution in [3.05, 3.63) is 41.7 Å². The number of hydrogen-bond donors (Lipinski definition) is 1. The molecule has 1 N–H and O–H groups in total. The standard InChI is InChI=1S/C25H33FN2O3/c1-16-6-5-7-17-14-21-22(23(29)25(16,17)2)18(24(30)31-21)15-27-10-12-28(13-11-27)20-9-4-3-8-19(20)26/h3-4,7-9,16,18,21-23,29H,5-6,10-15H2,1-2H3/t16-,18-,21+,22+,23-,25+/m0/s1. The number of halogens is 1. The molecule has 2 saturated heterocycles. The van der Waals surface area contributed by atoms with Crippen molar-refractivity contribution >= 4 is 11.7 Å². The van der Waals surface area contributed by atoms with Gasteiger partial charge in [0.15, 0.2) is 0 Å². The molecule has 2 aliphatic heterocycles. The van der Waals surface area contributed by atoms with E-state index in [1.54, 1.807) is 6.07 Å². The first-order valence-electron chi connectivity index (χ1n) is 11.7. The fourth-order valence-electron chi connectivity index (χ4n) is 6.43. The van der Waals surface area contributed by atoms with E-state index >= 15 is 0 Å². The number of para-hydroxylation sites is 1. The van der Waals surface area contributed by atoms with E-state index in [0.717, 1.165) is 45.4 Å². The Morgan fingerprint density at radius 2 is 1.97 bits per heavy atom. The molecule has 0 amide bonds. The number of esters is 1. The summed E-state index contributed by atoms with van der Waals surface area (Å²) in [7, 11) is 0. The Bertz CT molecular complexity index is 881. The summed E-state index contributed by atoms with van der Waals surface area (Å²) in [6.07, 6.45) is 4.36. The number of carbonyl (C=O) groups is 1. The summed E-state index contributed by atoms with van der Waals surface area (Å²) in [6.45, 7) is 7.99. The summed E-state index contributed by atoms with van der Waals surface area (Å²) in [5.41, 5.74) is 1.64. The van der Waals surface area contributed by atoms with Gasteiger partial charge in [-0.05, 0) is 30.9 Å². The van der Waals surface area contributed by atoms with Crippen molar-refractivity contribution in [2.75, 3.05) is 37.6 Å².